The fourth-order valence-electron chi connectivity index (χ4n) is 1.81. The van der Waals surface area contributed by atoms with E-state index in [1.165, 1.54) is 5.57 Å². The minimum absolute atomic E-state index is 0.621. The average Bonchev–Trinajstić information content (AvgIpc) is 2.66. The summed E-state index contributed by atoms with van der Waals surface area (Å²) in [6.45, 7) is 9.92. The summed E-state index contributed by atoms with van der Waals surface area (Å²) in [6, 6.07) is 0. The Kier molecular flexibility index (Phi) is 5.41. The summed E-state index contributed by atoms with van der Waals surface area (Å²) in [4.78, 5) is 0. The molecule has 4 heteroatoms. The molecule has 0 aromatic rings. The largest absolute Gasteiger partial charge is 0.536 e. The molecule has 1 aliphatic carbocycles. The molecule has 92 valence electrons. The maximum atomic E-state index is 5.82. The summed E-state index contributed by atoms with van der Waals surface area (Å²) in [6.07, 6.45) is 5.30. The summed E-state index contributed by atoms with van der Waals surface area (Å²) in [5.74, 6) is 0. The Balaban J connectivity index is 2.90. The second-order valence-electron chi connectivity index (χ2n) is 3.71. The van der Waals surface area contributed by atoms with Crippen LogP contribution in [0.15, 0.2) is 22.9 Å². The van der Waals surface area contributed by atoms with Gasteiger partial charge in [0.15, 0.2) is 0 Å². The van der Waals surface area contributed by atoms with Crippen LogP contribution in [-0.2, 0) is 13.3 Å². The van der Waals surface area contributed by atoms with Gasteiger partial charge in [-0.2, -0.15) is 0 Å². The van der Waals surface area contributed by atoms with Gasteiger partial charge in [-0.05, 0) is 34.1 Å². The molecule has 0 saturated heterocycles. The first kappa shape index (κ1) is 13.6. The number of rotatable bonds is 7. The third-order valence-electron chi connectivity index (χ3n) is 2.40. The van der Waals surface area contributed by atoms with Crippen molar-refractivity contribution in [3.63, 3.8) is 0 Å². The highest BCUT2D eigenvalue weighted by Gasteiger charge is 2.45. The van der Waals surface area contributed by atoms with E-state index in [1.807, 2.05) is 20.8 Å². The molecule has 3 nitrogen and oxygen atoms in total. The van der Waals surface area contributed by atoms with Gasteiger partial charge < -0.3 is 13.3 Å². The second-order valence-corrected chi connectivity index (χ2v) is 6.27. The third-order valence-corrected chi connectivity index (χ3v) is 5.46. The van der Waals surface area contributed by atoms with E-state index in [1.54, 1.807) is 0 Å². The summed E-state index contributed by atoms with van der Waals surface area (Å²) in [5, 5.41) is 1.12. The summed E-state index contributed by atoms with van der Waals surface area (Å²) in [5.41, 5.74) is 1.34. The van der Waals surface area contributed by atoms with Gasteiger partial charge in [0.2, 0.25) is 0 Å². The van der Waals surface area contributed by atoms with Gasteiger partial charge in [-0.25, -0.2) is 0 Å². The first-order chi connectivity index (χ1) is 7.68. The monoisotopic (exact) mass is 242 g/mol. The van der Waals surface area contributed by atoms with Crippen molar-refractivity contribution in [2.45, 2.75) is 34.1 Å². The highest BCUT2D eigenvalue weighted by atomic mass is 28.4. The molecule has 16 heavy (non-hydrogen) atoms. The predicted octanol–water partition coefficient (Wildman–Crippen LogP) is 2.85. The molecule has 0 aromatic carbocycles. The number of hydrogen-bond acceptors (Lipinski definition) is 3. The van der Waals surface area contributed by atoms with Crippen molar-refractivity contribution in [1.29, 1.82) is 0 Å². The topological polar surface area (TPSA) is 27.7 Å². The van der Waals surface area contributed by atoms with Crippen molar-refractivity contribution < 1.29 is 13.3 Å². The van der Waals surface area contributed by atoms with Gasteiger partial charge in [0.1, 0.15) is 0 Å². The zero-order valence-electron chi connectivity index (χ0n) is 10.7. The van der Waals surface area contributed by atoms with Gasteiger partial charge in [0.25, 0.3) is 0 Å². The van der Waals surface area contributed by atoms with Gasteiger partial charge in [-0.15, -0.1) is 0 Å². The maximum Gasteiger partial charge on any atom is 0.536 e. The summed E-state index contributed by atoms with van der Waals surface area (Å²) >= 11 is 0. The quantitative estimate of drug-likeness (QED) is 0.643. The molecule has 1 rings (SSSR count). The predicted molar refractivity (Wildman–Crippen MR) is 67.1 cm³/mol. The van der Waals surface area contributed by atoms with Crippen LogP contribution in [0.25, 0.3) is 0 Å². The first-order valence-electron chi connectivity index (χ1n) is 5.98. The van der Waals surface area contributed by atoms with E-state index in [-0.39, 0.29) is 0 Å². The number of allylic oxidation sites excluding steroid dienone is 4. The lowest BCUT2D eigenvalue weighted by Crippen LogP contribution is -2.47. The van der Waals surface area contributed by atoms with Crippen LogP contribution < -0.4 is 0 Å². The van der Waals surface area contributed by atoms with E-state index in [2.05, 4.69) is 19.1 Å². The van der Waals surface area contributed by atoms with Crippen molar-refractivity contribution in [3.05, 3.63) is 22.9 Å². The Morgan fingerprint density at radius 3 is 1.88 bits per heavy atom. The zero-order chi connectivity index (χ0) is 12.0. The second kappa shape index (κ2) is 6.35. The maximum absolute atomic E-state index is 5.82. The molecule has 0 radical (unpaired) electrons. The molecule has 0 atom stereocenters. The van der Waals surface area contributed by atoms with Crippen LogP contribution in [-0.4, -0.2) is 28.6 Å². The van der Waals surface area contributed by atoms with Gasteiger partial charge in [0, 0.05) is 25.0 Å². The van der Waals surface area contributed by atoms with Crippen LogP contribution in [0.4, 0.5) is 0 Å². The van der Waals surface area contributed by atoms with E-state index >= 15 is 0 Å². The SMILES string of the molecule is CCO[Si](OCC)(OCC)C1=CCC(C)=C1. The van der Waals surface area contributed by atoms with E-state index in [0.717, 1.165) is 11.6 Å². The fourth-order valence-corrected chi connectivity index (χ4v) is 4.48. The molecule has 0 aromatic heterocycles. The smallest absolute Gasteiger partial charge is 0.370 e. The normalized spacial score (nSPS) is 16.2. The molecule has 0 N–H and O–H groups in total. The highest BCUT2D eigenvalue weighted by molar-refractivity contribution is 6.69. The molecule has 0 heterocycles. The van der Waals surface area contributed by atoms with Crippen LogP contribution >= 0.6 is 0 Å². The van der Waals surface area contributed by atoms with E-state index in [4.69, 9.17) is 13.3 Å². The van der Waals surface area contributed by atoms with Gasteiger partial charge in [0.05, 0.1) is 0 Å². The molecule has 0 bridgehead atoms. The van der Waals surface area contributed by atoms with Gasteiger partial charge >= 0.3 is 8.80 Å². The molecular formula is C12H22O3Si. The van der Waals surface area contributed by atoms with Crippen LogP contribution in [0.1, 0.15) is 34.1 Å². The zero-order valence-corrected chi connectivity index (χ0v) is 11.7. The lowest BCUT2D eigenvalue weighted by molar-refractivity contribution is 0.0818. The highest BCUT2D eigenvalue weighted by Crippen LogP contribution is 2.28. The summed E-state index contributed by atoms with van der Waals surface area (Å²) in [7, 11) is -2.62. The van der Waals surface area contributed by atoms with Gasteiger partial charge in [-0.1, -0.05) is 17.7 Å². The standard InChI is InChI=1S/C12H22O3Si/c1-5-13-16(14-6-2,15-7-3)12-9-8-11(4)10-12/h9-10H,5-8H2,1-4H3. The minimum Gasteiger partial charge on any atom is -0.370 e. The summed E-state index contributed by atoms with van der Waals surface area (Å²) < 4.78 is 17.5. The molecule has 0 fully saturated rings. The van der Waals surface area contributed by atoms with Crippen LogP contribution in [0.3, 0.4) is 0 Å². The molecule has 0 unspecified atom stereocenters. The molecule has 0 spiro atoms. The van der Waals surface area contributed by atoms with Crippen molar-refractivity contribution in [2.75, 3.05) is 19.8 Å². The Morgan fingerprint density at radius 2 is 1.56 bits per heavy atom. The van der Waals surface area contributed by atoms with Crippen molar-refractivity contribution in [1.82, 2.24) is 0 Å². The average molecular weight is 242 g/mol. The van der Waals surface area contributed by atoms with Crippen LogP contribution in [0.2, 0.25) is 0 Å². The van der Waals surface area contributed by atoms with E-state index in [9.17, 15) is 0 Å². The van der Waals surface area contributed by atoms with Crippen LogP contribution in [0.5, 0.6) is 0 Å². The minimum atomic E-state index is -2.62. The Hall–Kier alpha value is -0.423. The fraction of sp³-hybridized carbons (Fsp3) is 0.667. The number of hydrogen-bond donors (Lipinski definition) is 0. The molecular weight excluding hydrogens is 220 g/mol. The lowest BCUT2D eigenvalue weighted by atomic mass is 10.3. The van der Waals surface area contributed by atoms with Gasteiger partial charge in [-0.3, -0.25) is 0 Å². The van der Waals surface area contributed by atoms with Crippen molar-refractivity contribution in [2.24, 2.45) is 0 Å². The first-order valence-corrected chi connectivity index (χ1v) is 7.70. The van der Waals surface area contributed by atoms with Crippen molar-refractivity contribution in [3.8, 4) is 0 Å². The van der Waals surface area contributed by atoms with Crippen molar-refractivity contribution >= 4 is 8.80 Å². The lowest BCUT2D eigenvalue weighted by Gasteiger charge is -2.28. The Bertz CT molecular complexity index is 267. The molecule has 1 aliphatic rings. The molecule has 0 aliphatic heterocycles. The van der Waals surface area contributed by atoms with Crippen LogP contribution in [0, 0.1) is 0 Å². The van der Waals surface area contributed by atoms with E-state index in [0.29, 0.717) is 19.8 Å². The molecule has 0 amide bonds. The molecule has 0 saturated carbocycles. The Labute approximate surface area is 99.5 Å². The third kappa shape index (κ3) is 3.04. The Morgan fingerprint density at radius 1 is 1.06 bits per heavy atom. The van der Waals surface area contributed by atoms with E-state index < -0.39 is 8.80 Å².